The predicted molar refractivity (Wildman–Crippen MR) is 129 cm³/mol. The number of aromatic nitrogens is 5. The molecule has 4 aromatic rings. The quantitative estimate of drug-likeness (QED) is 0.487. The van der Waals surface area contributed by atoms with Crippen molar-refractivity contribution in [2.24, 2.45) is 5.41 Å². The van der Waals surface area contributed by atoms with E-state index in [0.717, 1.165) is 43.1 Å². The van der Waals surface area contributed by atoms with Gasteiger partial charge in [-0.3, -0.25) is 14.3 Å². The number of likely N-dealkylation sites (tertiary alicyclic amines) is 1. The first-order valence-corrected chi connectivity index (χ1v) is 11.9. The molecule has 1 spiro atoms. The third-order valence-corrected chi connectivity index (χ3v) is 7.53. The second-order valence-corrected chi connectivity index (χ2v) is 9.78. The van der Waals surface area contributed by atoms with Gasteiger partial charge in [0.25, 0.3) is 5.91 Å². The van der Waals surface area contributed by atoms with Crippen LogP contribution in [0.1, 0.15) is 48.5 Å². The van der Waals surface area contributed by atoms with Gasteiger partial charge in [0.1, 0.15) is 11.4 Å². The van der Waals surface area contributed by atoms with E-state index in [1.165, 1.54) is 0 Å². The van der Waals surface area contributed by atoms with Crippen LogP contribution in [0.25, 0.3) is 16.6 Å². The Morgan fingerprint density at radius 3 is 2.83 bits per heavy atom. The Hall–Kier alpha value is -3.95. The van der Waals surface area contributed by atoms with E-state index in [1.54, 1.807) is 36.3 Å². The Labute approximate surface area is 201 Å². The van der Waals surface area contributed by atoms with Gasteiger partial charge in [0.2, 0.25) is 5.91 Å². The fourth-order valence-electron chi connectivity index (χ4n) is 5.63. The minimum atomic E-state index is -0.299. The Kier molecular flexibility index (Phi) is 4.98. The van der Waals surface area contributed by atoms with E-state index in [2.05, 4.69) is 15.4 Å². The number of hydrogen-bond acceptors (Lipinski definition) is 6. The van der Waals surface area contributed by atoms with Gasteiger partial charge in [-0.2, -0.15) is 10.2 Å². The molecule has 35 heavy (non-hydrogen) atoms. The van der Waals surface area contributed by atoms with Gasteiger partial charge < -0.3 is 15.0 Å². The molecule has 2 fully saturated rings. The van der Waals surface area contributed by atoms with Crippen LogP contribution >= 0.6 is 0 Å². The van der Waals surface area contributed by atoms with Crippen molar-refractivity contribution >= 4 is 34.1 Å². The smallest absolute Gasteiger partial charge is 0.259 e. The molecule has 4 heterocycles. The maximum Gasteiger partial charge on any atom is 0.259 e. The molecular formula is C25H27N7O3. The number of hydrogen-bond donors (Lipinski definition) is 1. The van der Waals surface area contributed by atoms with Crippen molar-refractivity contribution in [1.29, 1.82) is 0 Å². The molecule has 1 aromatic carbocycles. The number of nitrogens with one attached hydrogen (secondary N) is 1. The predicted octanol–water partition coefficient (Wildman–Crippen LogP) is 3.30. The standard InChI is InChI=1S/C25H27N7O3/c1-30-15-25(12-22(30)33)6-4-17(5-7-25)32-14-16-10-18(21(35-2)11-19(16)29-32)24(34)28-20-13-27-31-9-3-8-26-23(20)31/h3,8-11,13-14,17H,4-7,12,15H2,1-2H3,(H,28,34). The Morgan fingerprint density at radius 2 is 2.09 bits per heavy atom. The van der Waals surface area contributed by atoms with Crippen molar-refractivity contribution in [3.8, 4) is 5.75 Å². The molecule has 1 saturated carbocycles. The van der Waals surface area contributed by atoms with Gasteiger partial charge in [-0.05, 0) is 43.2 Å². The van der Waals surface area contributed by atoms with E-state index in [0.29, 0.717) is 29.1 Å². The number of carbonyl (C=O) groups excluding carboxylic acids is 2. The SMILES string of the molecule is COc1cc2nn(C3CCC4(CC3)CC(=O)N(C)C4)cc2cc1C(=O)Nc1cnn2cccnc12. The van der Waals surface area contributed by atoms with Gasteiger partial charge in [-0.25, -0.2) is 9.50 Å². The summed E-state index contributed by atoms with van der Waals surface area (Å²) in [4.78, 5) is 31.4. The molecule has 10 nitrogen and oxygen atoms in total. The summed E-state index contributed by atoms with van der Waals surface area (Å²) < 4.78 is 9.16. The molecular weight excluding hydrogens is 446 g/mol. The molecule has 1 aliphatic carbocycles. The van der Waals surface area contributed by atoms with Crippen molar-refractivity contribution in [3.05, 3.63) is 48.5 Å². The van der Waals surface area contributed by atoms with Crippen molar-refractivity contribution in [2.75, 3.05) is 26.0 Å². The zero-order valence-electron chi connectivity index (χ0n) is 19.8. The minimum Gasteiger partial charge on any atom is -0.496 e. The first-order chi connectivity index (χ1) is 16.9. The number of nitrogens with zero attached hydrogens (tertiary/aromatic N) is 6. The number of amides is 2. The Morgan fingerprint density at radius 1 is 1.26 bits per heavy atom. The zero-order valence-corrected chi connectivity index (χ0v) is 19.8. The molecule has 180 valence electrons. The largest absolute Gasteiger partial charge is 0.496 e. The molecule has 1 saturated heterocycles. The molecule has 6 rings (SSSR count). The highest BCUT2D eigenvalue weighted by Gasteiger charge is 2.44. The Balaban J connectivity index is 1.24. The van der Waals surface area contributed by atoms with Gasteiger partial charge in [0, 0.05) is 50.1 Å². The summed E-state index contributed by atoms with van der Waals surface area (Å²) in [5.41, 5.74) is 2.42. The molecule has 0 bridgehead atoms. The molecule has 0 unspecified atom stereocenters. The summed E-state index contributed by atoms with van der Waals surface area (Å²) in [6, 6.07) is 5.69. The molecule has 0 atom stereocenters. The molecule has 3 aromatic heterocycles. The van der Waals surface area contributed by atoms with Crippen LogP contribution in [0.5, 0.6) is 5.75 Å². The number of ether oxygens (including phenoxy) is 1. The monoisotopic (exact) mass is 473 g/mol. The lowest BCUT2D eigenvalue weighted by atomic mass is 9.72. The molecule has 10 heteroatoms. The highest BCUT2D eigenvalue weighted by molar-refractivity contribution is 6.09. The van der Waals surface area contributed by atoms with Gasteiger partial charge >= 0.3 is 0 Å². The van der Waals surface area contributed by atoms with E-state index < -0.39 is 0 Å². The lowest BCUT2D eigenvalue weighted by Crippen LogP contribution is -2.31. The number of anilines is 1. The van der Waals surface area contributed by atoms with Crippen molar-refractivity contribution in [1.82, 2.24) is 29.3 Å². The molecule has 2 amide bonds. The third kappa shape index (κ3) is 3.69. The number of fused-ring (bicyclic) bond motifs is 2. The van der Waals surface area contributed by atoms with Gasteiger partial charge in [0.15, 0.2) is 5.65 Å². The van der Waals surface area contributed by atoms with Gasteiger partial charge in [-0.15, -0.1) is 0 Å². The van der Waals surface area contributed by atoms with E-state index in [9.17, 15) is 9.59 Å². The fraction of sp³-hybridized carbons (Fsp3) is 0.400. The number of methoxy groups -OCH3 is 1. The first kappa shape index (κ1) is 21.6. The fourth-order valence-corrected chi connectivity index (χ4v) is 5.63. The van der Waals surface area contributed by atoms with E-state index in [-0.39, 0.29) is 23.3 Å². The third-order valence-electron chi connectivity index (χ3n) is 7.53. The van der Waals surface area contributed by atoms with E-state index >= 15 is 0 Å². The lowest BCUT2D eigenvalue weighted by molar-refractivity contribution is -0.126. The van der Waals surface area contributed by atoms with Crippen molar-refractivity contribution in [3.63, 3.8) is 0 Å². The van der Waals surface area contributed by atoms with Crippen LogP contribution < -0.4 is 10.1 Å². The highest BCUT2D eigenvalue weighted by Crippen LogP contribution is 2.47. The normalized spacial score (nSPS) is 22.4. The molecule has 1 N–H and O–H groups in total. The Bertz CT molecular complexity index is 1450. The van der Waals surface area contributed by atoms with Crippen molar-refractivity contribution in [2.45, 2.75) is 38.1 Å². The maximum atomic E-state index is 13.2. The average Bonchev–Trinajstić information content (AvgIpc) is 3.54. The molecule has 2 aliphatic rings. The topological polar surface area (TPSA) is 107 Å². The summed E-state index contributed by atoms with van der Waals surface area (Å²) >= 11 is 0. The summed E-state index contributed by atoms with van der Waals surface area (Å²) in [6.07, 6.45) is 11.7. The van der Waals surface area contributed by atoms with Gasteiger partial charge in [-0.1, -0.05) is 0 Å². The molecule has 0 radical (unpaired) electrons. The average molecular weight is 474 g/mol. The lowest BCUT2D eigenvalue weighted by Gasteiger charge is -2.36. The zero-order chi connectivity index (χ0) is 24.2. The minimum absolute atomic E-state index is 0.121. The number of carbonyl (C=O) groups is 2. The van der Waals surface area contributed by atoms with Crippen LogP contribution in [-0.4, -0.2) is 61.8 Å². The highest BCUT2D eigenvalue weighted by atomic mass is 16.5. The summed E-state index contributed by atoms with van der Waals surface area (Å²) in [5, 5.41) is 12.8. The first-order valence-electron chi connectivity index (χ1n) is 11.9. The summed E-state index contributed by atoms with van der Waals surface area (Å²) in [5.74, 6) is 0.414. The van der Waals surface area contributed by atoms with Gasteiger partial charge in [0.05, 0.1) is 30.4 Å². The number of benzene rings is 1. The van der Waals surface area contributed by atoms with Crippen LogP contribution in [0, 0.1) is 5.41 Å². The van der Waals surface area contributed by atoms with Crippen LogP contribution in [0.2, 0.25) is 0 Å². The molecule has 1 aliphatic heterocycles. The second kappa shape index (κ2) is 8.07. The van der Waals surface area contributed by atoms with E-state index in [4.69, 9.17) is 9.84 Å². The van der Waals surface area contributed by atoms with Crippen LogP contribution in [0.4, 0.5) is 5.69 Å². The van der Waals surface area contributed by atoms with Crippen LogP contribution in [-0.2, 0) is 4.79 Å². The van der Waals surface area contributed by atoms with Crippen molar-refractivity contribution < 1.29 is 14.3 Å². The second-order valence-electron chi connectivity index (χ2n) is 9.78. The van der Waals surface area contributed by atoms with Crippen LogP contribution in [0.15, 0.2) is 43.0 Å². The maximum absolute atomic E-state index is 13.2. The number of rotatable bonds is 4. The summed E-state index contributed by atoms with van der Waals surface area (Å²) in [7, 11) is 3.45. The van der Waals surface area contributed by atoms with Crippen LogP contribution in [0.3, 0.4) is 0 Å². The summed E-state index contributed by atoms with van der Waals surface area (Å²) in [6.45, 7) is 0.859. The van der Waals surface area contributed by atoms with E-state index in [1.807, 2.05) is 35.0 Å².